The molecule has 2 rings (SSSR count). The Morgan fingerprint density at radius 1 is 1.22 bits per heavy atom. The van der Waals surface area contributed by atoms with Crippen LogP contribution in [0.1, 0.15) is 22.4 Å². The van der Waals surface area contributed by atoms with Gasteiger partial charge in [0.15, 0.2) is 5.13 Å². The van der Waals surface area contributed by atoms with Gasteiger partial charge in [0.25, 0.3) is 0 Å². The second-order valence-corrected chi connectivity index (χ2v) is 8.22. The normalized spacial score (nSPS) is 11.4. The molecule has 1 heterocycles. The van der Waals surface area contributed by atoms with E-state index in [1.54, 1.807) is 24.4 Å². The first-order chi connectivity index (χ1) is 10.8. The second-order valence-electron chi connectivity index (χ2n) is 5.22. The van der Waals surface area contributed by atoms with Gasteiger partial charge in [0, 0.05) is 24.0 Å². The van der Waals surface area contributed by atoms with E-state index in [2.05, 4.69) is 15.0 Å². The van der Waals surface area contributed by atoms with Crippen LogP contribution in [0.5, 0.6) is 0 Å². The third-order valence-corrected chi connectivity index (χ3v) is 5.59. The molecule has 0 spiro atoms. The lowest BCUT2D eigenvalue weighted by molar-refractivity contribution is -0.116. The molecule has 0 bridgehead atoms. The van der Waals surface area contributed by atoms with Crippen LogP contribution in [0.25, 0.3) is 0 Å². The molecule has 8 heteroatoms. The summed E-state index contributed by atoms with van der Waals surface area (Å²) in [6.45, 7) is 5.71. The molecule has 0 aliphatic carbocycles. The molecule has 23 heavy (non-hydrogen) atoms. The Hall–Kier alpha value is -1.77. The summed E-state index contributed by atoms with van der Waals surface area (Å²) >= 11 is 1.37. The summed E-state index contributed by atoms with van der Waals surface area (Å²) in [7, 11) is -3.61. The molecule has 0 fully saturated rings. The smallest absolute Gasteiger partial charge is 0.240 e. The standard InChI is InChI=1S/C15H19N3O3S2/c1-10-4-5-13(8-11(10)2)23(20,21)17-7-6-14(19)18-15-16-9-12(3)22-15/h4-5,8-9,17H,6-7H2,1-3H3,(H,16,18,19). The first-order valence-electron chi connectivity index (χ1n) is 7.07. The van der Waals surface area contributed by atoms with Gasteiger partial charge in [0.2, 0.25) is 15.9 Å². The topological polar surface area (TPSA) is 88.2 Å². The lowest BCUT2D eigenvalue weighted by Crippen LogP contribution is -2.28. The molecule has 0 aliphatic rings. The van der Waals surface area contributed by atoms with E-state index in [-0.39, 0.29) is 23.8 Å². The predicted octanol–water partition coefficient (Wildman–Crippen LogP) is 2.38. The number of nitrogens with one attached hydrogen (secondary N) is 2. The van der Waals surface area contributed by atoms with E-state index in [4.69, 9.17) is 0 Å². The molecule has 1 aromatic heterocycles. The minimum Gasteiger partial charge on any atom is -0.302 e. The third-order valence-electron chi connectivity index (χ3n) is 3.30. The van der Waals surface area contributed by atoms with Crippen molar-refractivity contribution in [3.63, 3.8) is 0 Å². The van der Waals surface area contributed by atoms with Crippen molar-refractivity contribution in [2.75, 3.05) is 11.9 Å². The van der Waals surface area contributed by atoms with E-state index in [0.717, 1.165) is 16.0 Å². The van der Waals surface area contributed by atoms with Crippen molar-refractivity contribution < 1.29 is 13.2 Å². The highest BCUT2D eigenvalue weighted by Gasteiger charge is 2.15. The molecule has 0 atom stereocenters. The molecule has 2 N–H and O–H groups in total. The van der Waals surface area contributed by atoms with Crippen molar-refractivity contribution in [1.29, 1.82) is 0 Å². The number of carbonyl (C=O) groups is 1. The third kappa shape index (κ3) is 4.85. The van der Waals surface area contributed by atoms with Crippen molar-refractivity contribution in [2.24, 2.45) is 0 Å². The maximum absolute atomic E-state index is 12.2. The number of aryl methyl sites for hydroxylation is 3. The van der Waals surface area contributed by atoms with E-state index >= 15 is 0 Å². The summed E-state index contributed by atoms with van der Waals surface area (Å²) in [5, 5.41) is 3.16. The molecular formula is C15H19N3O3S2. The number of amides is 1. The number of nitrogens with zero attached hydrogens (tertiary/aromatic N) is 1. The van der Waals surface area contributed by atoms with Crippen molar-refractivity contribution in [1.82, 2.24) is 9.71 Å². The van der Waals surface area contributed by atoms with Gasteiger partial charge in [-0.1, -0.05) is 6.07 Å². The lowest BCUT2D eigenvalue weighted by atomic mass is 10.1. The van der Waals surface area contributed by atoms with Crippen molar-refractivity contribution in [2.45, 2.75) is 32.1 Å². The average Bonchev–Trinajstić information content (AvgIpc) is 2.86. The number of benzene rings is 1. The molecular weight excluding hydrogens is 334 g/mol. The van der Waals surface area contributed by atoms with Gasteiger partial charge in [0.05, 0.1) is 4.90 Å². The first kappa shape index (κ1) is 17.6. The largest absolute Gasteiger partial charge is 0.302 e. The van der Waals surface area contributed by atoms with Crippen LogP contribution >= 0.6 is 11.3 Å². The van der Waals surface area contributed by atoms with Crippen LogP contribution in [0.15, 0.2) is 29.3 Å². The molecule has 0 aliphatic heterocycles. The van der Waals surface area contributed by atoms with Crippen LogP contribution in [-0.2, 0) is 14.8 Å². The Bertz CT molecular complexity index is 813. The van der Waals surface area contributed by atoms with Crippen molar-refractivity contribution in [3.05, 3.63) is 40.4 Å². The van der Waals surface area contributed by atoms with Crippen LogP contribution in [0.3, 0.4) is 0 Å². The van der Waals surface area contributed by atoms with Crippen molar-refractivity contribution >= 4 is 32.4 Å². The summed E-state index contributed by atoms with van der Waals surface area (Å²) in [6, 6.07) is 4.95. The summed E-state index contributed by atoms with van der Waals surface area (Å²) in [5.74, 6) is -0.276. The van der Waals surface area contributed by atoms with E-state index in [0.29, 0.717) is 5.13 Å². The Kier molecular flexibility index (Phi) is 5.51. The van der Waals surface area contributed by atoms with Gasteiger partial charge in [0.1, 0.15) is 0 Å². The molecule has 0 saturated carbocycles. The Balaban J connectivity index is 1.89. The zero-order valence-electron chi connectivity index (χ0n) is 13.2. The van der Waals surface area contributed by atoms with Gasteiger partial charge in [-0.05, 0) is 44.0 Å². The van der Waals surface area contributed by atoms with Gasteiger partial charge >= 0.3 is 0 Å². The predicted molar refractivity (Wildman–Crippen MR) is 91.2 cm³/mol. The minimum absolute atomic E-state index is 0.0332. The maximum atomic E-state index is 12.2. The van der Waals surface area contributed by atoms with E-state index in [1.807, 2.05) is 20.8 Å². The summed E-state index contributed by atoms with van der Waals surface area (Å²) in [4.78, 5) is 17.0. The number of anilines is 1. The summed E-state index contributed by atoms with van der Waals surface area (Å²) in [6.07, 6.45) is 1.71. The van der Waals surface area contributed by atoms with Gasteiger partial charge in [-0.3, -0.25) is 4.79 Å². The van der Waals surface area contributed by atoms with Crippen LogP contribution in [0.2, 0.25) is 0 Å². The van der Waals surface area contributed by atoms with Crippen molar-refractivity contribution in [3.8, 4) is 0 Å². The van der Waals surface area contributed by atoms with Crippen LogP contribution in [0, 0.1) is 20.8 Å². The lowest BCUT2D eigenvalue weighted by Gasteiger charge is -2.08. The molecule has 0 saturated heterocycles. The first-order valence-corrected chi connectivity index (χ1v) is 9.37. The molecule has 6 nitrogen and oxygen atoms in total. The van der Waals surface area contributed by atoms with Crippen LogP contribution < -0.4 is 10.0 Å². The van der Waals surface area contributed by atoms with Gasteiger partial charge < -0.3 is 5.32 Å². The molecule has 1 amide bonds. The monoisotopic (exact) mass is 353 g/mol. The number of hydrogen-bond acceptors (Lipinski definition) is 5. The highest BCUT2D eigenvalue weighted by molar-refractivity contribution is 7.89. The number of rotatable bonds is 6. The van der Waals surface area contributed by atoms with Gasteiger partial charge in [-0.2, -0.15) is 0 Å². The quantitative estimate of drug-likeness (QED) is 0.834. The molecule has 124 valence electrons. The maximum Gasteiger partial charge on any atom is 0.240 e. The highest BCUT2D eigenvalue weighted by atomic mass is 32.2. The number of sulfonamides is 1. The molecule has 2 aromatic rings. The molecule has 0 unspecified atom stereocenters. The number of hydrogen-bond donors (Lipinski definition) is 2. The number of carbonyl (C=O) groups excluding carboxylic acids is 1. The van der Waals surface area contributed by atoms with Crippen LogP contribution in [-0.4, -0.2) is 25.9 Å². The minimum atomic E-state index is -3.61. The second kappa shape index (κ2) is 7.20. The Labute approximate surface area is 140 Å². The van der Waals surface area contributed by atoms with E-state index in [9.17, 15) is 13.2 Å². The fourth-order valence-corrected chi connectivity index (χ4v) is 3.65. The highest BCUT2D eigenvalue weighted by Crippen LogP contribution is 2.17. The number of thiazole rings is 1. The van der Waals surface area contributed by atoms with E-state index in [1.165, 1.54) is 11.3 Å². The van der Waals surface area contributed by atoms with Gasteiger partial charge in [-0.25, -0.2) is 18.1 Å². The zero-order chi connectivity index (χ0) is 17.0. The Morgan fingerprint density at radius 3 is 2.57 bits per heavy atom. The SMILES string of the molecule is Cc1cnc(NC(=O)CCNS(=O)(=O)c2ccc(C)c(C)c2)s1. The van der Waals surface area contributed by atoms with E-state index < -0.39 is 10.0 Å². The molecule has 1 aromatic carbocycles. The summed E-state index contributed by atoms with van der Waals surface area (Å²) < 4.78 is 26.8. The number of aromatic nitrogens is 1. The fraction of sp³-hybridized carbons (Fsp3) is 0.333. The summed E-state index contributed by atoms with van der Waals surface area (Å²) in [5.41, 5.74) is 1.94. The molecule has 0 radical (unpaired) electrons. The van der Waals surface area contributed by atoms with Crippen LogP contribution in [0.4, 0.5) is 5.13 Å². The zero-order valence-corrected chi connectivity index (χ0v) is 14.8. The average molecular weight is 353 g/mol. The Morgan fingerprint density at radius 2 is 1.96 bits per heavy atom. The fourth-order valence-electron chi connectivity index (χ4n) is 1.86. The van der Waals surface area contributed by atoms with Gasteiger partial charge in [-0.15, -0.1) is 11.3 Å².